The largest absolute Gasteiger partial charge is 0.479 e. The molecule has 8 nitrogen and oxygen atoms in total. The number of nitrogens with one attached hydrogen (secondary N) is 2. The average Bonchev–Trinajstić information content (AvgIpc) is 3.31. The lowest BCUT2D eigenvalue weighted by Gasteiger charge is -2.29. The number of aromatic nitrogens is 2. The molecule has 1 fully saturated rings. The number of anilines is 1. The molecule has 3 aromatic rings. The van der Waals surface area contributed by atoms with Crippen molar-refractivity contribution in [2.75, 3.05) is 24.6 Å². The highest BCUT2D eigenvalue weighted by Crippen LogP contribution is 2.27. The molecule has 0 radical (unpaired) electrons. The first-order chi connectivity index (χ1) is 18.2. The minimum atomic E-state index is -0.874. The fourth-order valence-corrected chi connectivity index (χ4v) is 4.68. The molecule has 0 spiro atoms. The van der Waals surface area contributed by atoms with Gasteiger partial charge in [-0.1, -0.05) is 24.3 Å². The first-order valence-electron chi connectivity index (χ1n) is 13.4. The molecule has 1 aromatic heterocycles. The predicted octanol–water partition coefficient (Wildman–Crippen LogP) is 5.49. The van der Waals surface area contributed by atoms with Gasteiger partial charge in [-0.05, 0) is 82.3 Å². The molecule has 0 atom stereocenters. The maximum absolute atomic E-state index is 13.0. The van der Waals surface area contributed by atoms with Gasteiger partial charge in [0.2, 0.25) is 5.90 Å². The zero-order chi connectivity index (χ0) is 27.3. The van der Waals surface area contributed by atoms with Crippen LogP contribution in [0.2, 0.25) is 0 Å². The number of nitrogens with zero attached hydrogens (tertiary/aromatic N) is 3. The molecule has 2 aromatic carbocycles. The number of ether oxygens (including phenoxy) is 2. The Hall–Kier alpha value is -3.81. The van der Waals surface area contributed by atoms with Crippen molar-refractivity contribution < 1.29 is 14.3 Å². The van der Waals surface area contributed by atoms with Crippen molar-refractivity contribution in [3.8, 4) is 17.0 Å². The fraction of sp³-hybridized carbons (Fsp3) is 0.433. The van der Waals surface area contributed by atoms with Gasteiger partial charge in [-0.3, -0.25) is 14.9 Å². The summed E-state index contributed by atoms with van der Waals surface area (Å²) in [6.45, 7) is 10.4. The van der Waals surface area contributed by atoms with E-state index in [2.05, 4.69) is 33.5 Å². The summed E-state index contributed by atoms with van der Waals surface area (Å²) in [4.78, 5) is 15.5. The Morgan fingerprint density at radius 3 is 2.58 bits per heavy atom. The first-order valence-corrected chi connectivity index (χ1v) is 13.4. The summed E-state index contributed by atoms with van der Waals surface area (Å²) in [5, 5.41) is 15.7. The van der Waals surface area contributed by atoms with Crippen LogP contribution in [0.5, 0.6) is 5.75 Å². The molecule has 1 aliphatic heterocycles. The number of hydrogen-bond donors (Lipinski definition) is 2. The third-order valence-corrected chi connectivity index (χ3v) is 6.87. The molecule has 38 heavy (non-hydrogen) atoms. The maximum atomic E-state index is 13.0. The van der Waals surface area contributed by atoms with Gasteiger partial charge in [0.05, 0.1) is 12.3 Å². The molecule has 2 N–H and O–H groups in total. The number of hydrogen-bond acceptors (Lipinski definition) is 6. The van der Waals surface area contributed by atoms with Crippen LogP contribution in [-0.2, 0) is 18.3 Å². The quantitative estimate of drug-likeness (QED) is 0.289. The summed E-state index contributed by atoms with van der Waals surface area (Å²) in [5.41, 5.74) is 4.52. The minimum absolute atomic E-state index is 0.0875. The Morgan fingerprint density at radius 2 is 1.87 bits per heavy atom. The van der Waals surface area contributed by atoms with Crippen LogP contribution in [-0.4, -0.2) is 46.9 Å². The molecule has 0 aliphatic carbocycles. The maximum Gasteiger partial charge on any atom is 0.269 e. The van der Waals surface area contributed by atoms with Crippen molar-refractivity contribution in [3.63, 3.8) is 0 Å². The molecule has 0 bridgehead atoms. The molecule has 4 rings (SSSR count). The molecule has 202 valence electrons. The molecule has 1 amide bonds. The van der Waals surface area contributed by atoms with E-state index in [1.807, 2.05) is 58.0 Å². The Bertz CT molecular complexity index is 1290. The van der Waals surface area contributed by atoms with E-state index in [9.17, 15) is 4.79 Å². The Labute approximate surface area is 225 Å². The van der Waals surface area contributed by atoms with Gasteiger partial charge < -0.3 is 19.7 Å². The van der Waals surface area contributed by atoms with Crippen molar-refractivity contribution in [3.05, 3.63) is 65.4 Å². The molecule has 0 saturated carbocycles. The second-order valence-electron chi connectivity index (χ2n) is 10.3. The lowest BCUT2D eigenvalue weighted by atomic mass is 10.1. The van der Waals surface area contributed by atoms with Gasteiger partial charge in [0.25, 0.3) is 5.91 Å². The van der Waals surface area contributed by atoms with E-state index in [1.54, 1.807) is 11.7 Å². The monoisotopic (exact) mass is 517 g/mol. The number of amides is 1. The molecule has 8 heteroatoms. The summed E-state index contributed by atoms with van der Waals surface area (Å²) in [7, 11) is 1.80. The summed E-state index contributed by atoms with van der Waals surface area (Å²) in [5.74, 6) is 0.588. The van der Waals surface area contributed by atoms with Gasteiger partial charge in [0.1, 0.15) is 11.4 Å². The van der Waals surface area contributed by atoms with Crippen molar-refractivity contribution >= 4 is 17.5 Å². The average molecular weight is 518 g/mol. The normalized spacial score (nSPS) is 13.8. The minimum Gasteiger partial charge on any atom is -0.479 e. The van der Waals surface area contributed by atoms with Crippen molar-refractivity contribution in [1.82, 2.24) is 15.1 Å². The van der Waals surface area contributed by atoms with Gasteiger partial charge in [-0.15, -0.1) is 0 Å². The van der Waals surface area contributed by atoms with Gasteiger partial charge in [-0.2, -0.15) is 5.10 Å². The Morgan fingerprint density at radius 1 is 1.11 bits per heavy atom. The van der Waals surface area contributed by atoms with Crippen molar-refractivity contribution in [2.45, 2.75) is 59.1 Å². The molecular weight excluding hydrogens is 478 g/mol. The summed E-state index contributed by atoms with van der Waals surface area (Å²) in [6, 6.07) is 16.0. The van der Waals surface area contributed by atoms with Crippen LogP contribution in [0.15, 0.2) is 48.5 Å². The van der Waals surface area contributed by atoms with Crippen LogP contribution in [0, 0.1) is 12.3 Å². The smallest absolute Gasteiger partial charge is 0.269 e. The standard InChI is InChI=1S/C30H39N5O3/c1-6-37-29(31)30(3,4)38-27-14-13-22(17-21(27)2)20-32-28(36)26-19-25(33-34(26)5)23-11-10-12-24(18-23)35-15-8-7-9-16-35/h10-14,17-19,31H,6-9,15-16,20H2,1-5H3,(H,32,36). The van der Waals surface area contributed by atoms with Gasteiger partial charge in [0, 0.05) is 37.9 Å². The topological polar surface area (TPSA) is 92.5 Å². The van der Waals surface area contributed by atoms with E-state index in [0.29, 0.717) is 24.6 Å². The third-order valence-electron chi connectivity index (χ3n) is 6.87. The number of piperidine rings is 1. The molecule has 0 unspecified atom stereocenters. The SMILES string of the molecule is CCOC(=N)C(C)(C)Oc1ccc(CNC(=O)c2cc(-c3cccc(N4CCCCC4)c3)nn2C)cc1C. The summed E-state index contributed by atoms with van der Waals surface area (Å²) >= 11 is 0. The summed E-state index contributed by atoms with van der Waals surface area (Å²) in [6.07, 6.45) is 3.75. The van der Waals surface area contributed by atoms with Crippen LogP contribution >= 0.6 is 0 Å². The van der Waals surface area contributed by atoms with E-state index < -0.39 is 5.60 Å². The highest BCUT2D eigenvalue weighted by Gasteiger charge is 2.28. The predicted molar refractivity (Wildman–Crippen MR) is 151 cm³/mol. The summed E-state index contributed by atoms with van der Waals surface area (Å²) < 4.78 is 13.0. The first kappa shape index (κ1) is 27.2. The molecule has 1 aliphatic rings. The molecule has 1 saturated heterocycles. The van der Waals surface area contributed by atoms with Crippen LogP contribution < -0.4 is 15.0 Å². The highest BCUT2D eigenvalue weighted by atomic mass is 16.5. The van der Waals surface area contributed by atoms with Crippen LogP contribution in [0.1, 0.15) is 61.6 Å². The Kier molecular flexibility index (Phi) is 8.39. The fourth-order valence-electron chi connectivity index (χ4n) is 4.68. The second-order valence-corrected chi connectivity index (χ2v) is 10.3. The van der Waals surface area contributed by atoms with Gasteiger partial charge >= 0.3 is 0 Å². The second kappa shape index (κ2) is 11.7. The number of carbonyl (C=O) groups excluding carboxylic acids is 1. The highest BCUT2D eigenvalue weighted by molar-refractivity contribution is 5.93. The van der Waals surface area contributed by atoms with Crippen LogP contribution in [0.4, 0.5) is 5.69 Å². The van der Waals surface area contributed by atoms with E-state index >= 15 is 0 Å². The lowest BCUT2D eigenvalue weighted by Crippen LogP contribution is -2.39. The number of aryl methyl sites for hydroxylation is 2. The van der Waals surface area contributed by atoms with E-state index in [0.717, 1.165) is 35.5 Å². The number of rotatable bonds is 9. The van der Waals surface area contributed by atoms with E-state index in [-0.39, 0.29) is 11.8 Å². The van der Waals surface area contributed by atoms with E-state index in [4.69, 9.17) is 14.9 Å². The number of carbonyl (C=O) groups is 1. The van der Waals surface area contributed by atoms with Crippen molar-refractivity contribution in [1.29, 1.82) is 5.41 Å². The van der Waals surface area contributed by atoms with E-state index in [1.165, 1.54) is 24.9 Å². The van der Waals surface area contributed by atoms with Crippen LogP contribution in [0.25, 0.3) is 11.3 Å². The zero-order valence-electron chi connectivity index (χ0n) is 23.1. The number of benzene rings is 2. The molecule has 2 heterocycles. The van der Waals surface area contributed by atoms with Crippen LogP contribution in [0.3, 0.4) is 0 Å². The van der Waals surface area contributed by atoms with Gasteiger partial charge in [-0.25, -0.2) is 0 Å². The van der Waals surface area contributed by atoms with Crippen molar-refractivity contribution in [2.24, 2.45) is 7.05 Å². The molecular formula is C30H39N5O3. The lowest BCUT2D eigenvalue weighted by molar-refractivity contribution is 0.0941. The van der Waals surface area contributed by atoms with Gasteiger partial charge in [0.15, 0.2) is 5.60 Å². The Balaban J connectivity index is 1.40. The third kappa shape index (κ3) is 6.36. The zero-order valence-corrected chi connectivity index (χ0v) is 23.1.